The predicted molar refractivity (Wildman–Crippen MR) is 109 cm³/mol. The van der Waals surface area contributed by atoms with Crippen molar-refractivity contribution < 1.29 is 13.2 Å². The number of carbonyl (C=O) groups is 1. The Balaban J connectivity index is 1.37. The van der Waals surface area contributed by atoms with Gasteiger partial charge < -0.3 is 5.32 Å². The molecule has 0 atom stereocenters. The van der Waals surface area contributed by atoms with Crippen LogP contribution in [-0.2, 0) is 14.8 Å². The molecule has 1 aliphatic heterocycles. The van der Waals surface area contributed by atoms with E-state index >= 15 is 0 Å². The molecule has 1 saturated carbocycles. The number of tetrazole rings is 1. The fourth-order valence-electron chi connectivity index (χ4n) is 3.80. The van der Waals surface area contributed by atoms with Crippen molar-refractivity contribution in [3.8, 4) is 0 Å². The average Bonchev–Trinajstić information content (AvgIpc) is 3.49. The quantitative estimate of drug-likeness (QED) is 0.663. The number of nitrogens with one attached hydrogen (secondary N) is 1. The third-order valence-electron chi connectivity index (χ3n) is 5.29. The van der Waals surface area contributed by atoms with E-state index in [1.165, 1.54) is 35.0 Å². The Hall–Kier alpha value is -1.98. The predicted octanol–water partition coefficient (Wildman–Crippen LogP) is 2.30. The summed E-state index contributed by atoms with van der Waals surface area (Å²) in [5, 5.41) is 15.3. The Morgan fingerprint density at radius 1 is 1.17 bits per heavy atom. The normalized spacial score (nSPS) is 18.3. The van der Waals surface area contributed by atoms with Crippen LogP contribution < -0.4 is 5.32 Å². The van der Waals surface area contributed by atoms with Gasteiger partial charge in [-0.1, -0.05) is 30.7 Å². The Labute approximate surface area is 174 Å². The van der Waals surface area contributed by atoms with Crippen LogP contribution in [0.5, 0.6) is 0 Å². The second kappa shape index (κ2) is 8.80. The number of carbonyl (C=O) groups excluding carboxylic acids is 1. The van der Waals surface area contributed by atoms with Gasteiger partial charge in [0.15, 0.2) is 0 Å². The van der Waals surface area contributed by atoms with Gasteiger partial charge in [-0.25, -0.2) is 13.1 Å². The van der Waals surface area contributed by atoms with E-state index in [-0.39, 0.29) is 16.6 Å². The Kier molecular flexibility index (Phi) is 6.16. The van der Waals surface area contributed by atoms with Gasteiger partial charge in [0, 0.05) is 18.8 Å². The maximum atomic E-state index is 12.7. The molecule has 1 N–H and O–H groups in total. The minimum atomic E-state index is -3.51. The van der Waals surface area contributed by atoms with E-state index in [1.54, 1.807) is 18.2 Å². The smallest absolute Gasteiger partial charge is 0.243 e. The van der Waals surface area contributed by atoms with Crippen molar-refractivity contribution in [1.29, 1.82) is 0 Å². The molecule has 2 fully saturated rings. The van der Waals surface area contributed by atoms with Crippen molar-refractivity contribution in [1.82, 2.24) is 24.5 Å². The van der Waals surface area contributed by atoms with Crippen LogP contribution in [0.25, 0.3) is 0 Å². The van der Waals surface area contributed by atoms with Crippen LogP contribution in [0.1, 0.15) is 44.6 Å². The molecule has 1 aromatic carbocycles. The molecular weight excluding hydrogens is 412 g/mol. The molecule has 2 aliphatic rings. The molecule has 1 saturated heterocycles. The lowest BCUT2D eigenvalue weighted by molar-refractivity contribution is -0.113. The van der Waals surface area contributed by atoms with Gasteiger partial charge in [-0.2, -0.15) is 4.31 Å². The maximum absolute atomic E-state index is 12.7. The SMILES string of the molecule is O=C(CSc1nnnn1C1CCCC1)Nc1cccc(S(=O)(=O)N2CCCC2)c1. The molecule has 156 valence electrons. The van der Waals surface area contributed by atoms with E-state index < -0.39 is 10.0 Å². The van der Waals surface area contributed by atoms with Crippen molar-refractivity contribution in [3.05, 3.63) is 24.3 Å². The zero-order chi connectivity index (χ0) is 20.3. The molecule has 0 unspecified atom stereocenters. The second-order valence-corrected chi connectivity index (χ2v) is 10.2. The molecule has 4 rings (SSSR count). The summed E-state index contributed by atoms with van der Waals surface area (Å²) in [7, 11) is -3.51. The number of aromatic nitrogens is 4. The molecule has 29 heavy (non-hydrogen) atoms. The summed E-state index contributed by atoms with van der Waals surface area (Å²) in [4.78, 5) is 12.6. The summed E-state index contributed by atoms with van der Waals surface area (Å²) < 4.78 is 28.7. The molecule has 1 amide bonds. The zero-order valence-electron chi connectivity index (χ0n) is 16.0. The number of rotatable bonds is 7. The molecule has 1 aromatic heterocycles. The lowest BCUT2D eigenvalue weighted by atomic mass is 10.3. The topological polar surface area (TPSA) is 110 Å². The molecular formula is C18H24N6O3S2. The summed E-state index contributed by atoms with van der Waals surface area (Å²) in [6, 6.07) is 6.72. The standard InChI is InChI=1S/C18H24N6O3S2/c25-17(13-28-18-20-21-22-24(18)15-7-1-2-8-15)19-14-6-5-9-16(12-14)29(26,27)23-10-3-4-11-23/h5-6,9,12,15H,1-4,7-8,10-11,13H2,(H,19,25). The number of thioether (sulfide) groups is 1. The summed E-state index contributed by atoms with van der Waals surface area (Å²) in [5.41, 5.74) is 0.464. The summed E-state index contributed by atoms with van der Waals surface area (Å²) in [6.07, 6.45) is 6.23. The van der Waals surface area contributed by atoms with Crippen molar-refractivity contribution in [2.75, 3.05) is 24.2 Å². The van der Waals surface area contributed by atoms with Crippen LogP contribution in [0.2, 0.25) is 0 Å². The lowest BCUT2D eigenvalue weighted by Gasteiger charge is -2.16. The first-order valence-corrected chi connectivity index (χ1v) is 12.3. The minimum Gasteiger partial charge on any atom is -0.325 e. The first kappa shape index (κ1) is 20.3. The van der Waals surface area contributed by atoms with E-state index in [1.807, 2.05) is 4.68 Å². The Morgan fingerprint density at radius 3 is 2.69 bits per heavy atom. The highest BCUT2D eigenvalue weighted by atomic mass is 32.2. The van der Waals surface area contributed by atoms with Crippen molar-refractivity contribution in [3.63, 3.8) is 0 Å². The monoisotopic (exact) mass is 436 g/mol. The maximum Gasteiger partial charge on any atom is 0.243 e. The minimum absolute atomic E-state index is 0.149. The van der Waals surface area contributed by atoms with E-state index in [0.29, 0.717) is 30.0 Å². The fourth-order valence-corrected chi connectivity index (χ4v) is 6.11. The molecule has 0 spiro atoms. The van der Waals surface area contributed by atoms with Gasteiger partial charge in [0.1, 0.15) is 0 Å². The molecule has 2 heterocycles. The number of hydrogen-bond acceptors (Lipinski definition) is 7. The summed E-state index contributed by atoms with van der Waals surface area (Å²) >= 11 is 1.29. The van der Waals surface area contributed by atoms with Crippen LogP contribution in [-0.4, -0.2) is 57.7 Å². The Bertz CT molecular complexity index is 965. The van der Waals surface area contributed by atoms with E-state index in [0.717, 1.165) is 25.7 Å². The lowest BCUT2D eigenvalue weighted by Crippen LogP contribution is -2.28. The number of sulfonamides is 1. The third kappa shape index (κ3) is 4.62. The molecule has 0 bridgehead atoms. The average molecular weight is 437 g/mol. The van der Waals surface area contributed by atoms with Gasteiger partial charge in [-0.15, -0.1) is 5.10 Å². The molecule has 11 heteroatoms. The molecule has 0 radical (unpaired) electrons. The van der Waals surface area contributed by atoms with E-state index in [9.17, 15) is 13.2 Å². The largest absolute Gasteiger partial charge is 0.325 e. The highest BCUT2D eigenvalue weighted by Gasteiger charge is 2.27. The van der Waals surface area contributed by atoms with Gasteiger partial charge in [0.05, 0.1) is 16.7 Å². The van der Waals surface area contributed by atoms with E-state index in [2.05, 4.69) is 20.8 Å². The van der Waals surface area contributed by atoms with Gasteiger partial charge in [-0.05, 0) is 54.3 Å². The fraction of sp³-hybridized carbons (Fsp3) is 0.556. The van der Waals surface area contributed by atoms with Crippen molar-refractivity contribution >= 4 is 33.4 Å². The van der Waals surface area contributed by atoms with Crippen LogP contribution in [0.15, 0.2) is 34.3 Å². The highest BCUT2D eigenvalue weighted by Crippen LogP contribution is 2.31. The highest BCUT2D eigenvalue weighted by molar-refractivity contribution is 7.99. The number of nitrogens with zero attached hydrogens (tertiary/aromatic N) is 5. The third-order valence-corrected chi connectivity index (χ3v) is 8.11. The van der Waals surface area contributed by atoms with Crippen molar-refractivity contribution in [2.45, 2.75) is 54.6 Å². The van der Waals surface area contributed by atoms with E-state index in [4.69, 9.17) is 0 Å². The number of hydrogen-bond donors (Lipinski definition) is 1. The van der Waals surface area contributed by atoms with Gasteiger partial charge >= 0.3 is 0 Å². The molecule has 2 aromatic rings. The summed E-state index contributed by atoms with van der Waals surface area (Å²) in [6.45, 7) is 1.09. The first-order chi connectivity index (χ1) is 14.0. The van der Waals surface area contributed by atoms with Gasteiger partial charge in [-0.3, -0.25) is 4.79 Å². The van der Waals surface area contributed by atoms with Crippen LogP contribution in [0.4, 0.5) is 5.69 Å². The van der Waals surface area contributed by atoms with Crippen LogP contribution in [0.3, 0.4) is 0 Å². The number of benzene rings is 1. The van der Waals surface area contributed by atoms with Gasteiger partial charge in [0.2, 0.25) is 21.1 Å². The first-order valence-electron chi connectivity index (χ1n) is 9.85. The molecule has 9 nitrogen and oxygen atoms in total. The number of anilines is 1. The summed E-state index contributed by atoms with van der Waals surface area (Å²) in [5.74, 6) is -0.0809. The second-order valence-electron chi connectivity index (χ2n) is 7.32. The molecule has 1 aliphatic carbocycles. The van der Waals surface area contributed by atoms with Gasteiger partial charge in [0.25, 0.3) is 0 Å². The van der Waals surface area contributed by atoms with Crippen LogP contribution in [0, 0.1) is 0 Å². The Morgan fingerprint density at radius 2 is 1.93 bits per heavy atom. The van der Waals surface area contributed by atoms with Crippen molar-refractivity contribution in [2.24, 2.45) is 0 Å². The zero-order valence-corrected chi connectivity index (χ0v) is 17.7. The number of amides is 1. The van der Waals surface area contributed by atoms with Crippen LogP contribution >= 0.6 is 11.8 Å².